The first-order valence-electron chi connectivity index (χ1n) is 8.15. The molecule has 3 fully saturated rings. The van der Waals surface area contributed by atoms with Crippen LogP contribution in [0.1, 0.15) is 42.6 Å². The van der Waals surface area contributed by atoms with Crippen LogP contribution in [-0.2, 0) is 4.79 Å². The molecule has 0 radical (unpaired) electrons. The zero-order valence-corrected chi connectivity index (χ0v) is 13.5. The Kier molecular flexibility index (Phi) is 3.44. The monoisotopic (exact) mass is 319 g/mol. The Bertz CT molecular complexity index is 574. The van der Waals surface area contributed by atoms with Crippen molar-refractivity contribution in [3.05, 3.63) is 16.6 Å². The van der Waals surface area contributed by atoms with Gasteiger partial charge in [-0.2, -0.15) is 0 Å². The zero-order chi connectivity index (χ0) is 15.2. The SMILES string of the molecule is O=C(c1cscn1)N1CCC2(CC1)CCN(CC1CC1)C2=O. The summed E-state index contributed by atoms with van der Waals surface area (Å²) in [6.45, 7) is 3.23. The molecule has 0 atom stereocenters. The highest BCUT2D eigenvalue weighted by molar-refractivity contribution is 7.07. The third kappa shape index (κ3) is 2.43. The summed E-state index contributed by atoms with van der Waals surface area (Å²) in [5, 5.41) is 1.80. The summed E-state index contributed by atoms with van der Waals surface area (Å²) >= 11 is 1.44. The van der Waals surface area contributed by atoms with Crippen LogP contribution < -0.4 is 0 Å². The summed E-state index contributed by atoms with van der Waals surface area (Å²) in [5.41, 5.74) is 2.04. The lowest BCUT2D eigenvalue weighted by molar-refractivity contribution is -0.138. The van der Waals surface area contributed by atoms with E-state index in [1.54, 1.807) is 10.9 Å². The second-order valence-electron chi connectivity index (χ2n) is 6.89. The van der Waals surface area contributed by atoms with Crippen LogP contribution in [0.2, 0.25) is 0 Å². The smallest absolute Gasteiger partial charge is 0.273 e. The molecule has 0 N–H and O–H groups in total. The van der Waals surface area contributed by atoms with Gasteiger partial charge in [0.15, 0.2) is 0 Å². The number of rotatable bonds is 3. The highest BCUT2D eigenvalue weighted by atomic mass is 32.1. The number of aromatic nitrogens is 1. The molecule has 1 aromatic heterocycles. The van der Waals surface area contributed by atoms with Crippen LogP contribution in [-0.4, -0.2) is 52.8 Å². The van der Waals surface area contributed by atoms with E-state index in [0.717, 1.165) is 38.3 Å². The van der Waals surface area contributed by atoms with Gasteiger partial charge in [0.2, 0.25) is 5.91 Å². The average Bonchev–Trinajstić information content (AvgIpc) is 3.09. The normalized spacial score (nSPS) is 24.3. The Hall–Kier alpha value is -1.43. The number of carbonyl (C=O) groups excluding carboxylic acids is 2. The fourth-order valence-electron chi connectivity index (χ4n) is 3.76. The summed E-state index contributed by atoms with van der Waals surface area (Å²) in [4.78, 5) is 33.1. The molecule has 1 saturated carbocycles. The summed E-state index contributed by atoms with van der Waals surface area (Å²) in [5.74, 6) is 1.11. The second kappa shape index (κ2) is 5.33. The molecule has 4 rings (SSSR count). The van der Waals surface area contributed by atoms with Crippen molar-refractivity contribution in [2.45, 2.75) is 32.1 Å². The second-order valence-corrected chi connectivity index (χ2v) is 7.61. The van der Waals surface area contributed by atoms with Crippen molar-refractivity contribution >= 4 is 23.2 Å². The first kappa shape index (κ1) is 14.2. The number of likely N-dealkylation sites (tertiary alicyclic amines) is 2. The standard InChI is InChI=1S/C16H21N3O2S/c20-14(13-10-22-11-17-13)18-6-3-16(4-7-18)5-8-19(15(16)21)9-12-1-2-12/h10-12H,1-9H2. The van der Waals surface area contributed by atoms with E-state index in [1.807, 2.05) is 4.90 Å². The first-order chi connectivity index (χ1) is 10.7. The Labute approximate surface area is 134 Å². The number of hydrogen-bond acceptors (Lipinski definition) is 4. The predicted octanol–water partition coefficient (Wildman–Crippen LogP) is 2.01. The molecule has 0 unspecified atom stereocenters. The fraction of sp³-hybridized carbons (Fsp3) is 0.688. The van der Waals surface area contributed by atoms with Gasteiger partial charge in [-0.1, -0.05) is 0 Å². The first-order valence-corrected chi connectivity index (χ1v) is 9.09. The van der Waals surface area contributed by atoms with E-state index >= 15 is 0 Å². The lowest BCUT2D eigenvalue weighted by atomic mass is 9.77. The molecular formula is C16H21N3O2S. The minimum Gasteiger partial charge on any atom is -0.342 e. The van der Waals surface area contributed by atoms with E-state index in [0.29, 0.717) is 24.7 Å². The minimum atomic E-state index is -0.187. The molecule has 1 aliphatic carbocycles. The van der Waals surface area contributed by atoms with Gasteiger partial charge in [0.05, 0.1) is 10.9 Å². The van der Waals surface area contributed by atoms with Gasteiger partial charge in [-0.25, -0.2) is 4.98 Å². The van der Waals surface area contributed by atoms with Gasteiger partial charge in [-0.3, -0.25) is 9.59 Å². The van der Waals surface area contributed by atoms with Crippen LogP contribution >= 0.6 is 11.3 Å². The largest absolute Gasteiger partial charge is 0.342 e. The third-order valence-corrected chi connectivity index (χ3v) is 6.02. The lowest BCUT2D eigenvalue weighted by Gasteiger charge is -2.37. The van der Waals surface area contributed by atoms with E-state index in [4.69, 9.17) is 0 Å². The van der Waals surface area contributed by atoms with E-state index in [2.05, 4.69) is 9.88 Å². The molecule has 6 heteroatoms. The molecule has 2 aliphatic heterocycles. The molecular weight excluding hydrogens is 298 g/mol. The summed E-state index contributed by atoms with van der Waals surface area (Å²) in [7, 11) is 0. The number of piperidine rings is 1. The van der Waals surface area contributed by atoms with Gasteiger partial charge in [-0.15, -0.1) is 11.3 Å². The van der Waals surface area contributed by atoms with Gasteiger partial charge in [0.25, 0.3) is 5.91 Å². The van der Waals surface area contributed by atoms with Crippen LogP contribution in [0.5, 0.6) is 0 Å². The van der Waals surface area contributed by atoms with E-state index in [1.165, 1.54) is 24.2 Å². The van der Waals surface area contributed by atoms with Crippen molar-refractivity contribution in [2.24, 2.45) is 11.3 Å². The van der Waals surface area contributed by atoms with Gasteiger partial charge < -0.3 is 9.80 Å². The molecule has 0 bridgehead atoms. The van der Waals surface area contributed by atoms with Crippen molar-refractivity contribution in [3.63, 3.8) is 0 Å². The molecule has 22 heavy (non-hydrogen) atoms. The number of hydrogen-bond donors (Lipinski definition) is 0. The van der Waals surface area contributed by atoms with E-state index in [-0.39, 0.29) is 11.3 Å². The average molecular weight is 319 g/mol. The molecule has 2 amide bonds. The molecule has 1 aromatic rings. The van der Waals surface area contributed by atoms with Crippen molar-refractivity contribution in [1.29, 1.82) is 0 Å². The quantitative estimate of drug-likeness (QED) is 0.856. The van der Waals surface area contributed by atoms with E-state index in [9.17, 15) is 9.59 Å². The molecule has 1 spiro atoms. The molecule has 3 aliphatic rings. The maximum atomic E-state index is 12.8. The summed E-state index contributed by atoms with van der Waals surface area (Å²) < 4.78 is 0. The van der Waals surface area contributed by atoms with E-state index < -0.39 is 0 Å². The van der Waals surface area contributed by atoms with Crippen molar-refractivity contribution in [1.82, 2.24) is 14.8 Å². The minimum absolute atomic E-state index is 0.0105. The molecule has 5 nitrogen and oxygen atoms in total. The van der Waals surface area contributed by atoms with Crippen molar-refractivity contribution < 1.29 is 9.59 Å². The number of nitrogens with zero attached hydrogens (tertiary/aromatic N) is 3. The van der Waals surface area contributed by atoms with Crippen LogP contribution in [0.15, 0.2) is 10.9 Å². The number of thiazole rings is 1. The van der Waals surface area contributed by atoms with Crippen LogP contribution in [0, 0.1) is 11.3 Å². The Morgan fingerprint density at radius 1 is 1.27 bits per heavy atom. The summed E-state index contributed by atoms with van der Waals surface area (Å²) in [6, 6.07) is 0. The van der Waals surface area contributed by atoms with Crippen LogP contribution in [0.3, 0.4) is 0 Å². The molecule has 3 heterocycles. The van der Waals surface area contributed by atoms with Crippen molar-refractivity contribution in [3.8, 4) is 0 Å². The van der Waals surface area contributed by atoms with Gasteiger partial charge >= 0.3 is 0 Å². The fourth-order valence-corrected chi connectivity index (χ4v) is 4.29. The van der Waals surface area contributed by atoms with Gasteiger partial charge in [0, 0.05) is 31.6 Å². The maximum absolute atomic E-state index is 12.8. The third-order valence-electron chi connectivity index (χ3n) is 5.44. The Morgan fingerprint density at radius 2 is 2.00 bits per heavy atom. The summed E-state index contributed by atoms with van der Waals surface area (Å²) in [6.07, 6.45) is 5.16. The topological polar surface area (TPSA) is 53.5 Å². The maximum Gasteiger partial charge on any atom is 0.273 e. The highest BCUT2D eigenvalue weighted by Crippen LogP contribution is 2.43. The van der Waals surface area contributed by atoms with Gasteiger partial charge in [-0.05, 0) is 38.0 Å². The number of amides is 2. The Balaban J connectivity index is 1.39. The lowest BCUT2D eigenvalue weighted by Crippen LogP contribution is -2.46. The zero-order valence-electron chi connectivity index (χ0n) is 12.7. The molecule has 2 saturated heterocycles. The van der Waals surface area contributed by atoms with Crippen LogP contribution in [0.25, 0.3) is 0 Å². The molecule has 0 aromatic carbocycles. The Morgan fingerprint density at radius 3 is 2.64 bits per heavy atom. The van der Waals surface area contributed by atoms with Crippen molar-refractivity contribution in [2.75, 3.05) is 26.2 Å². The number of carbonyl (C=O) groups is 2. The van der Waals surface area contributed by atoms with Crippen LogP contribution in [0.4, 0.5) is 0 Å². The predicted molar refractivity (Wildman–Crippen MR) is 83.6 cm³/mol. The van der Waals surface area contributed by atoms with Gasteiger partial charge in [0.1, 0.15) is 5.69 Å². The molecule has 118 valence electrons. The highest BCUT2D eigenvalue weighted by Gasteiger charge is 2.49.